The number of nitrogens with two attached hydrogens (primary N) is 1. The highest BCUT2D eigenvalue weighted by atomic mass is 35.5. The van der Waals surface area contributed by atoms with Crippen LogP contribution in [0.5, 0.6) is 0 Å². The average Bonchev–Trinajstić information content (AvgIpc) is 2.70. The van der Waals surface area contributed by atoms with Crippen molar-refractivity contribution in [1.29, 1.82) is 0 Å². The van der Waals surface area contributed by atoms with Crippen molar-refractivity contribution in [2.24, 2.45) is 17.6 Å². The van der Waals surface area contributed by atoms with E-state index in [1.165, 1.54) is 37.1 Å². The number of amides is 1. The van der Waals surface area contributed by atoms with E-state index in [4.69, 9.17) is 22.1 Å². The lowest BCUT2D eigenvalue weighted by molar-refractivity contribution is -0.134. The van der Waals surface area contributed by atoms with Gasteiger partial charge in [-0.25, -0.2) is 0 Å². The van der Waals surface area contributed by atoms with E-state index in [1.807, 2.05) is 13.0 Å². The number of hydrogen-bond donors (Lipinski definition) is 1. The third kappa shape index (κ3) is 6.34. The SMILES string of the molecule is CCOC(C(N)=O)C1CCC(CCN2CCN(c3cc(C)cc(Cl)c3)CC2)CC1. The van der Waals surface area contributed by atoms with Gasteiger partial charge in [-0.2, -0.15) is 0 Å². The number of rotatable bonds is 8. The van der Waals surface area contributed by atoms with Crippen LogP contribution < -0.4 is 10.6 Å². The number of aryl methyl sites for hydroxylation is 1. The second-order valence-electron chi connectivity index (χ2n) is 8.66. The number of halogens is 1. The predicted molar refractivity (Wildman–Crippen MR) is 120 cm³/mol. The van der Waals surface area contributed by atoms with E-state index in [0.29, 0.717) is 12.5 Å². The van der Waals surface area contributed by atoms with Gasteiger partial charge in [-0.05, 0) is 75.3 Å². The molecule has 2 aliphatic rings. The van der Waals surface area contributed by atoms with Crippen molar-refractivity contribution in [2.45, 2.75) is 52.1 Å². The Morgan fingerprint density at radius 1 is 1.17 bits per heavy atom. The topological polar surface area (TPSA) is 58.8 Å². The lowest BCUT2D eigenvalue weighted by Crippen LogP contribution is -2.47. The molecule has 2 fully saturated rings. The Hall–Kier alpha value is -1.30. The van der Waals surface area contributed by atoms with E-state index in [9.17, 15) is 4.79 Å². The van der Waals surface area contributed by atoms with Crippen LogP contribution in [0.25, 0.3) is 0 Å². The number of hydrogen-bond acceptors (Lipinski definition) is 4. The summed E-state index contributed by atoms with van der Waals surface area (Å²) in [7, 11) is 0. The molecule has 29 heavy (non-hydrogen) atoms. The second-order valence-corrected chi connectivity index (χ2v) is 9.10. The van der Waals surface area contributed by atoms with Gasteiger partial charge in [0.25, 0.3) is 0 Å². The highest BCUT2D eigenvalue weighted by molar-refractivity contribution is 6.30. The van der Waals surface area contributed by atoms with Gasteiger partial charge in [0.15, 0.2) is 0 Å². The largest absolute Gasteiger partial charge is 0.369 e. The summed E-state index contributed by atoms with van der Waals surface area (Å²) in [4.78, 5) is 16.7. The third-order valence-electron chi connectivity index (χ3n) is 6.56. The van der Waals surface area contributed by atoms with Crippen LogP contribution in [0.4, 0.5) is 5.69 Å². The molecule has 1 saturated heterocycles. The molecule has 0 spiro atoms. The maximum Gasteiger partial charge on any atom is 0.246 e. The fourth-order valence-corrected chi connectivity index (χ4v) is 5.19. The maximum absolute atomic E-state index is 11.6. The van der Waals surface area contributed by atoms with Crippen molar-refractivity contribution in [2.75, 3.05) is 44.2 Å². The molecule has 1 atom stereocenters. The molecule has 162 valence electrons. The summed E-state index contributed by atoms with van der Waals surface area (Å²) in [5.74, 6) is 0.756. The number of nitrogens with zero attached hydrogens (tertiary/aromatic N) is 2. The number of benzene rings is 1. The van der Waals surface area contributed by atoms with Crippen LogP contribution >= 0.6 is 11.6 Å². The first-order chi connectivity index (χ1) is 14.0. The number of piperazine rings is 1. The lowest BCUT2D eigenvalue weighted by Gasteiger charge is -2.37. The standard InChI is InChI=1S/C23H36ClN3O2/c1-3-29-22(23(25)28)19-6-4-18(5-7-19)8-9-26-10-12-27(13-11-26)21-15-17(2)14-20(24)16-21/h14-16,18-19,22H,3-13H2,1-2H3,(H2,25,28). The van der Waals surface area contributed by atoms with Gasteiger partial charge in [0.2, 0.25) is 5.91 Å². The van der Waals surface area contributed by atoms with Gasteiger partial charge in [0.1, 0.15) is 6.10 Å². The van der Waals surface area contributed by atoms with Crippen molar-refractivity contribution in [3.63, 3.8) is 0 Å². The Balaban J connectivity index is 1.38. The molecule has 3 rings (SSSR count). The first-order valence-corrected chi connectivity index (χ1v) is 11.5. The average molecular weight is 422 g/mol. The van der Waals surface area contributed by atoms with Crippen LogP contribution in [0.2, 0.25) is 5.02 Å². The monoisotopic (exact) mass is 421 g/mol. The van der Waals surface area contributed by atoms with Gasteiger partial charge >= 0.3 is 0 Å². The Kier molecular flexibility index (Phi) is 8.22. The maximum atomic E-state index is 11.6. The van der Waals surface area contributed by atoms with E-state index in [0.717, 1.165) is 50.0 Å². The van der Waals surface area contributed by atoms with Crippen LogP contribution in [0.1, 0.15) is 44.6 Å². The van der Waals surface area contributed by atoms with Gasteiger partial charge < -0.3 is 15.4 Å². The molecule has 1 amide bonds. The van der Waals surface area contributed by atoms with Crippen LogP contribution in [0, 0.1) is 18.8 Å². The summed E-state index contributed by atoms with van der Waals surface area (Å²) in [6.45, 7) is 10.1. The van der Waals surface area contributed by atoms with Gasteiger partial charge in [0, 0.05) is 43.5 Å². The quantitative estimate of drug-likeness (QED) is 0.692. The molecule has 1 aliphatic carbocycles. The van der Waals surface area contributed by atoms with Crippen LogP contribution in [-0.2, 0) is 9.53 Å². The van der Waals surface area contributed by atoms with Gasteiger partial charge in [-0.3, -0.25) is 9.69 Å². The number of anilines is 1. The molecule has 1 unspecified atom stereocenters. The van der Waals surface area contributed by atoms with E-state index >= 15 is 0 Å². The van der Waals surface area contributed by atoms with Crippen molar-refractivity contribution >= 4 is 23.2 Å². The van der Waals surface area contributed by atoms with Crippen molar-refractivity contribution < 1.29 is 9.53 Å². The predicted octanol–water partition coefficient (Wildman–Crippen LogP) is 3.86. The summed E-state index contributed by atoms with van der Waals surface area (Å²) < 4.78 is 5.60. The molecule has 1 aromatic carbocycles. The fourth-order valence-electron chi connectivity index (χ4n) is 4.90. The Bertz CT molecular complexity index is 648. The van der Waals surface area contributed by atoms with Crippen molar-refractivity contribution in [3.8, 4) is 0 Å². The smallest absolute Gasteiger partial charge is 0.246 e. The van der Waals surface area contributed by atoms with Gasteiger partial charge in [-0.15, -0.1) is 0 Å². The zero-order chi connectivity index (χ0) is 20.8. The summed E-state index contributed by atoms with van der Waals surface area (Å²) in [6, 6.07) is 6.31. The molecule has 0 aromatic heterocycles. The molecule has 1 heterocycles. The highest BCUT2D eigenvalue weighted by Crippen LogP contribution is 2.34. The molecular formula is C23H36ClN3O2. The fraction of sp³-hybridized carbons (Fsp3) is 0.696. The zero-order valence-corrected chi connectivity index (χ0v) is 18.7. The summed E-state index contributed by atoms with van der Waals surface area (Å²) in [5.41, 5.74) is 7.99. The summed E-state index contributed by atoms with van der Waals surface area (Å²) in [5, 5.41) is 0.820. The number of carbonyl (C=O) groups is 1. The molecule has 5 nitrogen and oxygen atoms in total. The highest BCUT2D eigenvalue weighted by Gasteiger charge is 2.31. The van der Waals surface area contributed by atoms with Gasteiger partial charge in [0.05, 0.1) is 0 Å². The minimum absolute atomic E-state index is 0.299. The minimum atomic E-state index is -0.399. The molecule has 1 aromatic rings. The van der Waals surface area contributed by atoms with E-state index in [2.05, 4.69) is 28.9 Å². The third-order valence-corrected chi connectivity index (χ3v) is 6.78. The normalized spacial score (nSPS) is 24.4. The van der Waals surface area contributed by atoms with Crippen molar-refractivity contribution in [3.05, 3.63) is 28.8 Å². The Morgan fingerprint density at radius 3 is 2.45 bits per heavy atom. The zero-order valence-electron chi connectivity index (χ0n) is 17.9. The number of ether oxygens (including phenoxy) is 1. The van der Waals surface area contributed by atoms with E-state index in [-0.39, 0.29) is 5.91 Å². The molecule has 6 heteroatoms. The van der Waals surface area contributed by atoms with Crippen molar-refractivity contribution in [1.82, 2.24) is 4.90 Å². The number of primary amides is 1. The molecule has 0 radical (unpaired) electrons. The molecule has 1 aliphatic heterocycles. The minimum Gasteiger partial charge on any atom is -0.369 e. The number of carbonyl (C=O) groups excluding carboxylic acids is 1. The second kappa shape index (κ2) is 10.6. The lowest BCUT2D eigenvalue weighted by atomic mass is 9.78. The Labute approximate surface area is 180 Å². The van der Waals surface area contributed by atoms with Crippen LogP contribution in [-0.4, -0.2) is 56.2 Å². The first kappa shape index (κ1) is 22.4. The molecular weight excluding hydrogens is 386 g/mol. The first-order valence-electron chi connectivity index (χ1n) is 11.1. The van der Waals surface area contributed by atoms with Crippen LogP contribution in [0.3, 0.4) is 0 Å². The molecule has 2 N–H and O–H groups in total. The van der Waals surface area contributed by atoms with E-state index < -0.39 is 6.10 Å². The van der Waals surface area contributed by atoms with E-state index in [1.54, 1.807) is 0 Å². The molecule has 1 saturated carbocycles. The summed E-state index contributed by atoms with van der Waals surface area (Å²) in [6.07, 6.45) is 5.33. The Morgan fingerprint density at radius 2 is 1.86 bits per heavy atom. The van der Waals surface area contributed by atoms with Gasteiger partial charge in [-0.1, -0.05) is 24.4 Å². The van der Waals surface area contributed by atoms with Crippen LogP contribution in [0.15, 0.2) is 18.2 Å². The molecule has 0 bridgehead atoms. The summed E-state index contributed by atoms with van der Waals surface area (Å²) >= 11 is 6.23.